The van der Waals surface area contributed by atoms with E-state index in [-0.39, 0.29) is 0 Å². The Balaban J connectivity index is 3.05. The third-order valence-corrected chi connectivity index (χ3v) is 2.10. The van der Waals surface area contributed by atoms with E-state index in [0.29, 0.717) is 11.5 Å². The SMILES string of the molecule is CCN(CC)c1ccnc(N)c1N. The van der Waals surface area contributed by atoms with Gasteiger partial charge in [-0.2, -0.15) is 0 Å². The first-order valence-electron chi connectivity index (χ1n) is 4.45. The number of anilines is 3. The highest BCUT2D eigenvalue weighted by Crippen LogP contribution is 2.25. The highest BCUT2D eigenvalue weighted by molar-refractivity contribution is 5.76. The number of hydrogen-bond acceptors (Lipinski definition) is 4. The van der Waals surface area contributed by atoms with Crippen LogP contribution in [0.2, 0.25) is 0 Å². The quantitative estimate of drug-likeness (QED) is 0.730. The average Bonchev–Trinajstić information content (AvgIpc) is 2.14. The van der Waals surface area contributed by atoms with Crippen LogP contribution in [0.4, 0.5) is 17.2 Å². The van der Waals surface area contributed by atoms with Gasteiger partial charge in [-0.05, 0) is 19.9 Å². The number of nitrogens with two attached hydrogens (primary N) is 2. The zero-order chi connectivity index (χ0) is 9.84. The first-order chi connectivity index (χ1) is 6.20. The lowest BCUT2D eigenvalue weighted by molar-refractivity contribution is 0.867. The molecule has 4 heteroatoms. The summed E-state index contributed by atoms with van der Waals surface area (Å²) in [5, 5.41) is 0. The van der Waals surface area contributed by atoms with Crippen LogP contribution in [0.25, 0.3) is 0 Å². The van der Waals surface area contributed by atoms with Gasteiger partial charge in [0.15, 0.2) is 0 Å². The fraction of sp³-hybridized carbons (Fsp3) is 0.444. The molecule has 0 aliphatic heterocycles. The molecule has 0 saturated heterocycles. The zero-order valence-electron chi connectivity index (χ0n) is 8.12. The molecule has 0 atom stereocenters. The Morgan fingerprint density at radius 1 is 1.31 bits per heavy atom. The molecule has 13 heavy (non-hydrogen) atoms. The van der Waals surface area contributed by atoms with Gasteiger partial charge in [-0.1, -0.05) is 0 Å². The van der Waals surface area contributed by atoms with E-state index in [2.05, 4.69) is 23.7 Å². The Morgan fingerprint density at radius 2 is 1.92 bits per heavy atom. The highest BCUT2D eigenvalue weighted by Gasteiger charge is 2.07. The molecule has 72 valence electrons. The van der Waals surface area contributed by atoms with Gasteiger partial charge in [0.1, 0.15) is 5.82 Å². The standard InChI is InChI=1S/C9H16N4/c1-3-13(4-2)7-5-6-12-9(11)8(7)10/h5-6H,3-4,10H2,1-2H3,(H2,11,12). The summed E-state index contributed by atoms with van der Waals surface area (Å²) < 4.78 is 0. The number of nitrogen functional groups attached to an aromatic ring is 2. The molecule has 0 aromatic carbocycles. The van der Waals surface area contributed by atoms with Crippen molar-refractivity contribution in [3.05, 3.63) is 12.3 Å². The van der Waals surface area contributed by atoms with Crippen molar-refractivity contribution in [1.82, 2.24) is 4.98 Å². The van der Waals surface area contributed by atoms with Crippen molar-refractivity contribution in [3.8, 4) is 0 Å². The molecule has 0 aliphatic carbocycles. The molecule has 1 heterocycles. The minimum Gasteiger partial charge on any atom is -0.394 e. The zero-order valence-corrected chi connectivity index (χ0v) is 8.12. The van der Waals surface area contributed by atoms with Crippen molar-refractivity contribution in [3.63, 3.8) is 0 Å². The maximum absolute atomic E-state index is 5.81. The molecule has 1 aromatic rings. The fourth-order valence-electron chi connectivity index (χ4n) is 1.32. The fourth-order valence-corrected chi connectivity index (χ4v) is 1.32. The smallest absolute Gasteiger partial charge is 0.148 e. The molecule has 0 saturated carbocycles. The molecule has 0 aliphatic rings. The van der Waals surface area contributed by atoms with Gasteiger partial charge < -0.3 is 16.4 Å². The van der Waals surface area contributed by atoms with Gasteiger partial charge in [0, 0.05) is 19.3 Å². The van der Waals surface area contributed by atoms with Crippen molar-refractivity contribution >= 4 is 17.2 Å². The lowest BCUT2D eigenvalue weighted by atomic mass is 10.3. The summed E-state index contributed by atoms with van der Waals surface area (Å²) in [5.74, 6) is 0.407. The molecule has 0 radical (unpaired) electrons. The number of hydrogen-bond donors (Lipinski definition) is 2. The second-order valence-electron chi connectivity index (χ2n) is 2.80. The number of pyridine rings is 1. The first kappa shape index (κ1) is 9.64. The van der Waals surface area contributed by atoms with Crippen LogP contribution in [0.3, 0.4) is 0 Å². The van der Waals surface area contributed by atoms with E-state index in [1.165, 1.54) is 0 Å². The molecule has 1 aromatic heterocycles. The Labute approximate surface area is 78.6 Å². The summed E-state index contributed by atoms with van der Waals surface area (Å²) in [6, 6.07) is 1.89. The molecule has 0 spiro atoms. The van der Waals surface area contributed by atoms with Crippen molar-refractivity contribution in [2.24, 2.45) is 0 Å². The maximum Gasteiger partial charge on any atom is 0.148 e. The van der Waals surface area contributed by atoms with Gasteiger partial charge in [-0.25, -0.2) is 4.98 Å². The molecular weight excluding hydrogens is 164 g/mol. The van der Waals surface area contributed by atoms with Crippen LogP contribution in [-0.2, 0) is 0 Å². The summed E-state index contributed by atoms with van der Waals surface area (Å²) >= 11 is 0. The number of nitrogens with zero attached hydrogens (tertiary/aromatic N) is 2. The van der Waals surface area contributed by atoms with Crippen LogP contribution in [0.1, 0.15) is 13.8 Å². The summed E-state index contributed by atoms with van der Waals surface area (Å²) in [5.41, 5.74) is 13.0. The van der Waals surface area contributed by atoms with Crippen LogP contribution in [0.15, 0.2) is 12.3 Å². The summed E-state index contributed by atoms with van der Waals surface area (Å²) in [7, 11) is 0. The second kappa shape index (κ2) is 3.98. The Morgan fingerprint density at radius 3 is 2.46 bits per heavy atom. The summed E-state index contributed by atoms with van der Waals surface area (Å²) in [6.07, 6.45) is 1.68. The summed E-state index contributed by atoms with van der Waals surface area (Å²) in [4.78, 5) is 6.06. The van der Waals surface area contributed by atoms with E-state index in [1.54, 1.807) is 6.20 Å². The predicted octanol–water partition coefficient (Wildman–Crippen LogP) is 1.09. The van der Waals surface area contributed by atoms with Crippen molar-refractivity contribution < 1.29 is 0 Å². The van der Waals surface area contributed by atoms with Gasteiger partial charge in [0.05, 0.1) is 11.4 Å². The topological polar surface area (TPSA) is 68.2 Å². The number of rotatable bonds is 3. The molecule has 4 nitrogen and oxygen atoms in total. The Bertz CT molecular complexity index is 281. The monoisotopic (exact) mass is 180 g/mol. The van der Waals surface area contributed by atoms with E-state index in [9.17, 15) is 0 Å². The highest BCUT2D eigenvalue weighted by atomic mass is 15.1. The Kier molecular flexibility index (Phi) is 2.95. The van der Waals surface area contributed by atoms with E-state index >= 15 is 0 Å². The first-order valence-corrected chi connectivity index (χ1v) is 4.45. The molecule has 0 fully saturated rings. The molecule has 1 rings (SSSR count). The predicted molar refractivity (Wildman–Crippen MR) is 56.6 cm³/mol. The number of aromatic nitrogens is 1. The minimum absolute atomic E-state index is 0.407. The van der Waals surface area contributed by atoms with Gasteiger partial charge in [-0.15, -0.1) is 0 Å². The van der Waals surface area contributed by atoms with E-state index in [1.807, 2.05) is 6.07 Å². The van der Waals surface area contributed by atoms with Crippen LogP contribution in [-0.4, -0.2) is 18.1 Å². The molecule has 0 bridgehead atoms. The summed E-state index contributed by atoms with van der Waals surface area (Å²) in [6.45, 7) is 6.01. The van der Waals surface area contributed by atoms with Crippen LogP contribution < -0.4 is 16.4 Å². The van der Waals surface area contributed by atoms with Crippen LogP contribution in [0.5, 0.6) is 0 Å². The maximum atomic E-state index is 5.81. The molecule has 4 N–H and O–H groups in total. The van der Waals surface area contributed by atoms with Gasteiger partial charge >= 0.3 is 0 Å². The van der Waals surface area contributed by atoms with E-state index < -0.39 is 0 Å². The third-order valence-electron chi connectivity index (χ3n) is 2.10. The van der Waals surface area contributed by atoms with Crippen molar-refractivity contribution in [1.29, 1.82) is 0 Å². The molecule has 0 amide bonds. The minimum atomic E-state index is 0.407. The lowest BCUT2D eigenvalue weighted by Gasteiger charge is -2.22. The van der Waals surface area contributed by atoms with Gasteiger partial charge in [0.2, 0.25) is 0 Å². The van der Waals surface area contributed by atoms with Crippen LogP contribution in [0, 0.1) is 0 Å². The Hall–Kier alpha value is -1.45. The second-order valence-corrected chi connectivity index (χ2v) is 2.80. The van der Waals surface area contributed by atoms with Gasteiger partial charge in [-0.3, -0.25) is 0 Å². The lowest BCUT2D eigenvalue weighted by Crippen LogP contribution is -2.23. The van der Waals surface area contributed by atoms with Crippen LogP contribution >= 0.6 is 0 Å². The van der Waals surface area contributed by atoms with Gasteiger partial charge in [0.25, 0.3) is 0 Å². The third kappa shape index (κ3) is 1.83. The van der Waals surface area contributed by atoms with Crippen molar-refractivity contribution in [2.45, 2.75) is 13.8 Å². The molecule has 0 unspecified atom stereocenters. The van der Waals surface area contributed by atoms with E-state index in [4.69, 9.17) is 11.5 Å². The largest absolute Gasteiger partial charge is 0.394 e. The average molecular weight is 180 g/mol. The van der Waals surface area contributed by atoms with E-state index in [0.717, 1.165) is 18.8 Å². The molecular formula is C9H16N4. The van der Waals surface area contributed by atoms with Crippen molar-refractivity contribution in [2.75, 3.05) is 29.5 Å². The normalized spacial score (nSPS) is 10.0.